The van der Waals surface area contributed by atoms with Crippen molar-refractivity contribution >= 4 is 0 Å². The molecule has 178 valence electrons. The van der Waals surface area contributed by atoms with Crippen LogP contribution in [0.15, 0.2) is 11.6 Å². The second-order valence-electron chi connectivity index (χ2n) is 8.01. The van der Waals surface area contributed by atoms with Gasteiger partial charge in [-0.15, -0.1) is 0 Å². The van der Waals surface area contributed by atoms with E-state index in [0.29, 0.717) is 33.0 Å². The maximum atomic E-state index is 14.5. The lowest BCUT2D eigenvalue weighted by Gasteiger charge is -2.43. The Labute approximate surface area is 183 Å². The predicted octanol–water partition coefficient (Wildman–Crippen LogP) is 5.96. The number of hydrogen-bond acceptors (Lipinski definition) is 5. The van der Waals surface area contributed by atoms with Crippen molar-refractivity contribution in [3.05, 3.63) is 11.6 Å². The van der Waals surface area contributed by atoms with Crippen molar-refractivity contribution in [3.8, 4) is 0 Å². The normalized spacial score (nSPS) is 25.9. The zero-order chi connectivity index (χ0) is 22.2. The van der Waals surface area contributed by atoms with E-state index in [2.05, 4.69) is 27.7 Å². The van der Waals surface area contributed by atoms with Gasteiger partial charge in [-0.3, -0.25) is 0 Å². The molecule has 1 heterocycles. The molecule has 0 spiro atoms. The summed E-state index contributed by atoms with van der Waals surface area (Å²) in [5, 5.41) is 0. The highest BCUT2D eigenvalue weighted by molar-refractivity contribution is 5.14. The molecule has 0 aliphatic carbocycles. The van der Waals surface area contributed by atoms with Crippen LogP contribution in [0.5, 0.6) is 0 Å². The number of hydrogen-bond donors (Lipinski definition) is 0. The summed E-state index contributed by atoms with van der Waals surface area (Å²) in [6.07, 6.45) is 6.12. The Morgan fingerprint density at radius 2 is 1.27 bits per heavy atom. The lowest BCUT2D eigenvalue weighted by molar-refractivity contribution is -0.216. The Balaban J connectivity index is 3.07. The number of ether oxygens (including phenoxy) is 5. The highest BCUT2D eigenvalue weighted by Crippen LogP contribution is 2.33. The van der Waals surface area contributed by atoms with E-state index in [1.165, 1.54) is 6.92 Å². The first-order chi connectivity index (χ1) is 14.6. The van der Waals surface area contributed by atoms with Gasteiger partial charge in [-0.05, 0) is 32.6 Å². The Bertz CT molecular complexity index is 453. The van der Waals surface area contributed by atoms with Crippen molar-refractivity contribution in [2.75, 3.05) is 33.0 Å². The van der Waals surface area contributed by atoms with Crippen molar-refractivity contribution in [2.45, 2.75) is 110 Å². The van der Waals surface area contributed by atoms with Gasteiger partial charge in [0, 0.05) is 26.4 Å². The average Bonchev–Trinajstić information content (AvgIpc) is 2.73. The predicted molar refractivity (Wildman–Crippen MR) is 118 cm³/mol. The Kier molecular flexibility index (Phi) is 15.4. The van der Waals surface area contributed by atoms with E-state index in [1.54, 1.807) is 0 Å². The largest absolute Gasteiger partial charge is 0.484 e. The van der Waals surface area contributed by atoms with Gasteiger partial charge >= 0.3 is 0 Å². The Morgan fingerprint density at radius 3 is 1.80 bits per heavy atom. The molecular weight excluding hydrogens is 387 g/mol. The first kappa shape index (κ1) is 27.3. The maximum absolute atomic E-state index is 14.5. The summed E-state index contributed by atoms with van der Waals surface area (Å²) in [4.78, 5) is 0. The molecule has 1 aliphatic heterocycles. The molecule has 0 radical (unpaired) electrons. The van der Waals surface area contributed by atoms with Crippen LogP contribution in [0.25, 0.3) is 0 Å². The summed E-state index contributed by atoms with van der Waals surface area (Å²) in [7, 11) is 0. The molecule has 0 aromatic rings. The van der Waals surface area contributed by atoms with Crippen LogP contribution in [-0.4, -0.2) is 57.5 Å². The molecule has 4 atom stereocenters. The van der Waals surface area contributed by atoms with Crippen molar-refractivity contribution < 1.29 is 28.1 Å². The van der Waals surface area contributed by atoms with Crippen LogP contribution in [0.1, 0.15) is 86.0 Å². The van der Waals surface area contributed by atoms with Gasteiger partial charge in [0.05, 0.1) is 6.61 Å². The topological polar surface area (TPSA) is 46.2 Å². The lowest BCUT2D eigenvalue weighted by Crippen LogP contribution is -2.57. The van der Waals surface area contributed by atoms with Crippen molar-refractivity contribution in [1.29, 1.82) is 0 Å². The highest BCUT2D eigenvalue weighted by atomic mass is 19.1. The van der Waals surface area contributed by atoms with Crippen LogP contribution in [0.3, 0.4) is 0 Å². The molecule has 5 nitrogen and oxygen atoms in total. The molecule has 0 bridgehead atoms. The van der Waals surface area contributed by atoms with Gasteiger partial charge in [0.1, 0.15) is 24.1 Å². The van der Waals surface area contributed by atoms with E-state index in [-0.39, 0.29) is 17.7 Å². The number of rotatable bonds is 17. The number of allylic oxidation sites excluding steroid dienone is 1. The second-order valence-corrected chi connectivity index (χ2v) is 8.01. The van der Waals surface area contributed by atoms with Gasteiger partial charge in [-0.2, -0.15) is 0 Å². The lowest BCUT2D eigenvalue weighted by atomic mass is 9.96. The third-order valence-electron chi connectivity index (χ3n) is 5.20. The van der Waals surface area contributed by atoms with E-state index < -0.39 is 18.3 Å². The number of halogens is 1. The van der Waals surface area contributed by atoms with E-state index in [9.17, 15) is 4.39 Å². The van der Waals surface area contributed by atoms with Gasteiger partial charge in [-0.1, -0.05) is 53.4 Å². The van der Waals surface area contributed by atoms with Gasteiger partial charge in [-0.25, -0.2) is 4.39 Å². The van der Waals surface area contributed by atoms with Crippen LogP contribution in [0.2, 0.25) is 0 Å². The van der Waals surface area contributed by atoms with E-state index >= 15 is 0 Å². The summed E-state index contributed by atoms with van der Waals surface area (Å²) in [6.45, 7) is 12.6. The molecule has 0 aromatic carbocycles. The fourth-order valence-corrected chi connectivity index (χ4v) is 3.32. The summed E-state index contributed by atoms with van der Waals surface area (Å²) in [6, 6.07) is 0. The van der Waals surface area contributed by atoms with E-state index in [0.717, 1.165) is 51.4 Å². The molecule has 0 N–H and O–H groups in total. The van der Waals surface area contributed by atoms with Crippen molar-refractivity contribution in [2.24, 2.45) is 0 Å². The monoisotopic (exact) mass is 432 g/mol. The Hall–Kier alpha value is -0.690. The summed E-state index contributed by atoms with van der Waals surface area (Å²) in [5.74, 6) is -0.141. The van der Waals surface area contributed by atoms with Crippen LogP contribution in [-0.2, 0) is 23.7 Å². The summed E-state index contributed by atoms with van der Waals surface area (Å²) >= 11 is 0. The van der Waals surface area contributed by atoms with Crippen LogP contribution >= 0.6 is 0 Å². The van der Waals surface area contributed by atoms with Crippen LogP contribution in [0, 0.1) is 0 Å². The van der Waals surface area contributed by atoms with Gasteiger partial charge in [0.15, 0.2) is 11.9 Å². The van der Waals surface area contributed by atoms with Gasteiger partial charge in [0.25, 0.3) is 0 Å². The van der Waals surface area contributed by atoms with Crippen molar-refractivity contribution in [1.82, 2.24) is 0 Å². The van der Waals surface area contributed by atoms with Gasteiger partial charge in [0.2, 0.25) is 0 Å². The molecule has 30 heavy (non-hydrogen) atoms. The van der Waals surface area contributed by atoms with E-state index in [4.69, 9.17) is 23.7 Å². The molecule has 0 unspecified atom stereocenters. The molecular formula is C24H45FO5. The SMILES string of the molecule is CCCCOC[C@H]1OC(=C(C)F)[C@H](OCCCC)[C@@H](OCCCC)[C@@H]1OCCCC. The minimum Gasteiger partial charge on any atom is -0.484 e. The minimum absolute atomic E-state index is 0.229. The summed E-state index contributed by atoms with van der Waals surface area (Å²) < 4.78 is 45.0. The smallest absolute Gasteiger partial charge is 0.159 e. The molecule has 1 fully saturated rings. The molecule has 1 rings (SSSR count). The molecule has 0 saturated carbocycles. The zero-order valence-electron chi connectivity index (χ0n) is 19.9. The minimum atomic E-state index is -0.600. The van der Waals surface area contributed by atoms with Crippen LogP contribution in [0.4, 0.5) is 4.39 Å². The third-order valence-corrected chi connectivity index (χ3v) is 5.20. The van der Waals surface area contributed by atoms with Crippen molar-refractivity contribution in [3.63, 3.8) is 0 Å². The summed E-state index contributed by atoms with van der Waals surface area (Å²) in [5.41, 5.74) is 0. The van der Waals surface area contributed by atoms with E-state index in [1.807, 2.05) is 0 Å². The first-order valence-corrected chi connectivity index (χ1v) is 12.1. The fourth-order valence-electron chi connectivity index (χ4n) is 3.32. The Morgan fingerprint density at radius 1 is 0.767 bits per heavy atom. The highest BCUT2D eigenvalue weighted by Gasteiger charge is 2.47. The molecule has 6 heteroatoms. The van der Waals surface area contributed by atoms with Gasteiger partial charge < -0.3 is 23.7 Å². The molecule has 0 aromatic heterocycles. The maximum Gasteiger partial charge on any atom is 0.159 e. The standard InChI is InChI=1S/C24H45FO5/c1-6-10-14-26-18-20-22(27-15-11-7-2)24(29-17-13-9-4)23(28-16-12-8-3)21(30-20)19(5)25/h20,22-24H,6-18H2,1-5H3/t20-,22-,23+,24+/m1/s1. The first-order valence-electron chi connectivity index (χ1n) is 12.1. The average molecular weight is 433 g/mol. The fraction of sp³-hybridized carbons (Fsp3) is 0.917. The molecule has 1 saturated heterocycles. The number of unbranched alkanes of at least 4 members (excludes halogenated alkanes) is 4. The third kappa shape index (κ3) is 9.63. The molecule has 0 amide bonds. The zero-order valence-corrected chi connectivity index (χ0v) is 19.9. The van der Waals surface area contributed by atoms with Crippen LogP contribution < -0.4 is 0 Å². The second kappa shape index (κ2) is 16.9. The molecule has 1 aliphatic rings. The quantitative estimate of drug-likeness (QED) is 0.265.